The molecule has 24 heavy (non-hydrogen) atoms. The predicted molar refractivity (Wildman–Crippen MR) is 90.3 cm³/mol. The van der Waals surface area contributed by atoms with Crippen LogP contribution >= 0.6 is 0 Å². The van der Waals surface area contributed by atoms with Crippen LogP contribution in [-0.4, -0.2) is 44.9 Å². The zero-order chi connectivity index (χ0) is 16.5. The number of pyridine rings is 1. The summed E-state index contributed by atoms with van der Waals surface area (Å²) in [6.45, 7) is 4.05. The fourth-order valence-electron chi connectivity index (χ4n) is 3.67. The topological polar surface area (TPSA) is 62.2 Å². The number of aryl methyl sites for hydroxylation is 1. The van der Waals surface area contributed by atoms with E-state index in [2.05, 4.69) is 19.9 Å². The number of carbonyl (C=O) groups is 1. The lowest BCUT2D eigenvalue weighted by Gasteiger charge is -2.35. The molecule has 2 atom stereocenters. The van der Waals surface area contributed by atoms with Crippen LogP contribution in [0.25, 0.3) is 0 Å². The van der Waals surface area contributed by atoms with E-state index in [9.17, 15) is 4.79 Å². The second kappa shape index (κ2) is 6.19. The first-order chi connectivity index (χ1) is 11.7. The maximum absolute atomic E-state index is 12.9. The average Bonchev–Trinajstić information content (AvgIpc) is 2.89. The van der Waals surface area contributed by atoms with Crippen molar-refractivity contribution in [1.82, 2.24) is 19.9 Å². The number of aromatic nitrogens is 3. The number of piperidine rings is 1. The molecule has 6 nitrogen and oxygen atoms in total. The van der Waals surface area contributed by atoms with Crippen LogP contribution in [0.1, 0.15) is 24.2 Å². The van der Waals surface area contributed by atoms with Crippen molar-refractivity contribution in [3.05, 3.63) is 48.0 Å². The summed E-state index contributed by atoms with van der Waals surface area (Å²) >= 11 is 0. The van der Waals surface area contributed by atoms with Gasteiger partial charge in [0.2, 0.25) is 11.9 Å². The number of nitrogens with zero attached hydrogens (tertiary/aromatic N) is 5. The summed E-state index contributed by atoms with van der Waals surface area (Å²) in [5.74, 6) is 1.00. The predicted octanol–water partition coefficient (Wildman–Crippen LogP) is 1.81. The Morgan fingerprint density at radius 1 is 1.12 bits per heavy atom. The molecule has 0 spiro atoms. The molecule has 2 aromatic heterocycles. The Morgan fingerprint density at radius 3 is 2.83 bits per heavy atom. The highest BCUT2D eigenvalue weighted by Gasteiger charge is 2.41. The summed E-state index contributed by atoms with van der Waals surface area (Å²) in [5, 5.41) is 0. The van der Waals surface area contributed by atoms with Crippen molar-refractivity contribution in [2.24, 2.45) is 5.92 Å². The van der Waals surface area contributed by atoms with Crippen LogP contribution in [0.5, 0.6) is 0 Å². The number of amides is 1. The van der Waals surface area contributed by atoms with Gasteiger partial charge in [0.25, 0.3) is 0 Å². The minimum absolute atomic E-state index is 0.0246. The van der Waals surface area contributed by atoms with E-state index in [1.54, 1.807) is 12.4 Å². The fraction of sp³-hybridized carbons (Fsp3) is 0.444. The van der Waals surface area contributed by atoms with Crippen LogP contribution in [0.4, 0.5) is 5.95 Å². The Bertz CT molecular complexity index is 735. The van der Waals surface area contributed by atoms with Gasteiger partial charge in [0.15, 0.2) is 0 Å². The van der Waals surface area contributed by atoms with E-state index in [-0.39, 0.29) is 17.9 Å². The van der Waals surface area contributed by atoms with Gasteiger partial charge in [-0.25, -0.2) is 9.97 Å². The molecule has 6 heteroatoms. The quantitative estimate of drug-likeness (QED) is 0.862. The zero-order valence-corrected chi connectivity index (χ0v) is 13.8. The summed E-state index contributed by atoms with van der Waals surface area (Å²) in [6, 6.07) is 7.94. The van der Waals surface area contributed by atoms with E-state index in [1.165, 1.54) is 0 Å². The first kappa shape index (κ1) is 15.1. The summed E-state index contributed by atoms with van der Waals surface area (Å²) in [6.07, 6.45) is 5.55. The Morgan fingerprint density at radius 2 is 2.04 bits per heavy atom. The highest BCUT2D eigenvalue weighted by atomic mass is 16.2. The van der Waals surface area contributed by atoms with Crippen molar-refractivity contribution >= 4 is 11.9 Å². The van der Waals surface area contributed by atoms with Gasteiger partial charge >= 0.3 is 0 Å². The molecule has 2 aromatic rings. The van der Waals surface area contributed by atoms with Gasteiger partial charge in [0.05, 0.1) is 18.2 Å². The van der Waals surface area contributed by atoms with Crippen LogP contribution in [0.15, 0.2) is 36.7 Å². The lowest BCUT2D eigenvalue weighted by molar-refractivity contribution is -0.140. The van der Waals surface area contributed by atoms with Crippen molar-refractivity contribution in [1.29, 1.82) is 0 Å². The van der Waals surface area contributed by atoms with Crippen molar-refractivity contribution in [2.45, 2.75) is 32.4 Å². The van der Waals surface area contributed by atoms with E-state index in [1.807, 2.05) is 36.1 Å². The molecule has 3 saturated heterocycles. The average molecular weight is 323 g/mol. The second-order valence-corrected chi connectivity index (χ2v) is 6.62. The highest BCUT2D eigenvalue weighted by Crippen LogP contribution is 2.31. The van der Waals surface area contributed by atoms with Gasteiger partial charge in [-0.05, 0) is 38.0 Å². The minimum Gasteiger partial charge on any atom is -0.338 e. The molecule has 2 bridgehead atoms. The molecule has 5 rings (SSSR count). The summed E-state index contributed by atoms with van der Waals surface area (Å²) < 4.78 is 0. The van der Waals surface area contributed by atoms with E-state index >= 15 is 0 Å². The molecule has 1 amide bonds. The maximum atomic E-state index is 12.9. The smallest absolute Gasteiger partial charge is 0.228 e. The number of rotatable bonds is 3. The largest absolute Gasteiger partial charge is 0.338 e. The Balaban J connectivity index is 1.58. The van der Waals surface area contributed by atoms with Crippen LogP contribution < -0.4 is 4.90 Å². The molecule has 0 N–H and O–H groups in total. The minimum atomic E-state index is 0.0246. The van der Waals surface area contributed by atoms with Crippen LogP contribution in [0.2, 0.25) is 0 Å². The third kappa shape index (κ3) is 2.84. The van der Waals surface area contributed by atoms with Crippen molar-refractivity contribution in [2.75, 3.05) is 18.0 Å². The van der Waals surface area contributed by atoms with Crippen LogP contribution in [-0.2, 0) is 11.3 Å². The second-order valence-electron chi connectivity index (χ2n) is 6.62. The molecule has 0 unspecified atom stereocenters. The van der Waals surface area contributed by atoms with Gasteiger partial charge in [-0.15, -0.1) is 0 Å². The fourth-order valence-corrected chi connectivity index (χ4v) is 3.67. The summed E-state index contributed by atoms with van der Waals surface area (Å²) in [5.41, 5.74) is 1.89. The molecule has 3 aliphatic rings. The first-order valence-corrected chi connectivity index (χ1v) is 8.45. The first-order valence-electron chi connectivity index (χ1n) is 8.45. The van der Waals surface area contributed by atoms with Gasteiger partial charge in [-0.2, -0.15) is 0 Å². The summed E-state index contributed by atoms with van der Waals surface area (Å²) in [7, 11) is 0. The van der Waals surface area contributed by atoms with Gasteiger partial charge in [-0.1, -0.05) is 6.07 Å². The lowest BCUT2D eigenvalue weighted by Crippen LogP contribution is -2.47. The van der Waals surface area contributed by atoms with Gasteiger partial charge in [-0.3, -0.25) is 9.78 Å². The van der Waals surface area contributed by atoms with E-state index in [0.717, 1.165) is 36.7 Å². The number of carbonyl (C=O) groups excluding carboxylic acids is 1. The molecule has 0 radical (unpaired) electrons. The van der Waals surface area contributed by atoms with Crippen molar-refractivity contribution < 1.29 is 4.79 Å². The normalized spacial score (nSPS) is 23.5. The summed E-state index contributed by atoms with van der Waals surface area (Å²) in [4.78, 5) is 30.4. The maximum Gasteiger partial charge on any atom is 0.228 e. The molecule has 124 valence electrons. The molecule has 5 heterocycles. The number of fused-ring (bicyclic) bond motifs is 4. The van der Waals surface area contributed by atoms with Gasteiger partial charge in [0, 0.05) is 37.2 Å². The Hall–Kier alpha value is -2.50. The molecular weight excluding hydrogens is 302 g/mol. The molecule has 0 aromatic carbocycles. The lowest BCUT2D eigenvalue weighted by atomic mass is 9.94. The molecule has 0 aliphatic carbocycles. The van der Waals surface area contributed by atoms with Gasteiger partial charge < -0.3 is 9.80 Å². The molecule has 3 aliphatic heterocycles. The third-order valence-corrected chi connectivity index (χ3v) is 4.92. The zero-order valence-electron chi connectivity index (χ0n) is 13.8. The van der Waals surface area contributed by atoms with Gasteiger partial charge in [0.1, 0.15) is 0 Å². The van der Waals surface area contributed by atoms with Crippen LogP contribution in [0.3, 0.4) is 0 Å². The van der Waals surface area contributed by atoms with Crippen molar-refractivity contribution in [3.63, 3.8) is 0 Å². The monoisotopic (exact) mass is 323 g/mol. The third-order valence-electron chi connectivity index (χ3n) is 4.92. The van der Waals surface area contributed by atoms with E-state index < -0.39 is 0 Å². The van der Waals surface area contributed by atoms with E-state index in [4.69, 9.17) is 0 Å². The number of anilines is 1. The van der Waals surface area contributed by atoms with E-state index in [0.29, 0.717) is 13.1 Å². The number of hydrogen-bond donors (Lipinski definition) is 0. The Labute approximate surface area is 141 Å². The molecular formula is C18H21N5O. The van der Waals surface area contributed by atoms with Crippen LogP contribution in [0, 0.1) is 12.8 Å². The standard InChI is InChI=1S/C18H21N5O/c1-13-7-9-20-18(21-13)22-10-14-5-6-16(12-22)23(17(14)24)11-15-4-2-3-8-19-15/h2-4,7-9,14,16H,5-6,10-12H2,1H3/t14-,16+/m0/s1. The van der Waals surface area contributed by atoms with Crippen molar-refractivity contribution in [3.8, 4) is 0 Å². The number of hydrogen-bond acceptors (Lipinski definition) is 5. The molecule has 0 saturated carbocycles. The molecule has 3 fully saturated rings. The Kier molecular flexibility index (Phi) is 3.88. The highest BCUT2D eigenvalue weighted by molar-refractivity contribution is 5.81. The SMILES string of the molecule is Cc1ccnc(N2C[C@@H]3CC[C@H](C2)N(Cc2ccccn2)C3=O)n1.